The molecule has 0 fully saturated rings. The molecule has 0 unspecified atom stereocenters. The van der Waals surface area contributed by atoms with Crippen molar-refractivity contribution < 1.29 is 8.42 Å². The van der Waals surface area contributed by atoms with Gasteiger partial charge in [-0.25, -0.2) is 13.4 Å². The lowest BCUT2D eigenvalue weighted by molar-refractivity contribution is 0.602. The predicted molar refractivity (Wildman–Crippen MR) is 127 cm³/mol. The molecule has 2 N–H and O–H groups in total. The van der Waals surface area contributed by atoms with Gasteiger partial charge in [-0.15, -0.1) is 24.0 Å². The summed E-state index contributed by atoms with van der Waals surface area (Å²) in [6.07, 6.45) is 1.95. The zero-order chi connectivity index (χ0) is 20.0. The standard InChI is InChI=1S/C18H24Cl2N4O2S.HI/c1-4-21-18(23-12-14-11-16(19)17(20)24(14)2)22-10-9-13-5-7-15(8-6-13)27(3,25)26;/h5-8,11H,4,9-10,12H2,1-3H3,(H2,21,22,23);1H. The molecule has 0 atom stereocenters. The molecule has 0 aliphatic carbocycles. The van der Waals surface area contributed by atoms with Gasteiger partial charge >= 0.3 is 0 Å². The van der Waals surface area contributed by atoms with Crippen LogP contribution in [-0.4, -0.2) is 38.3 Å². The van der Waals surface area contributed by atoms with Crippen LogP contribution in [-0.2, 0) is 29.9 Å². The summed E-state index contributed by atoms with van der Waals surface area (Å²) in [5.74, 6) is 0.693. The molecule has 0 saturated carbocycles. The Morgan fingerprint density at radius 1 is 1.18 bits per heavy atom. The van der Waals surface area contributed by atoms with Crippen molar-refractivity contribution in [3.05, 3.63) is 51.8 Å². The summed E-state index contributed by atoms with van der Waals surface area (Å²) in [6.45, 7) is 3.85. The van der Waals surface area contributed by atoms with Crippen LogP contribution in [0.1, 0.15) is 18.2 Å². The van der Waals surface area contributed by atoms with Gasteiger partial charge in [-0.05, 0) is 37.1 Å². The highest BCUT2D eigenvalue weighted by atomic mass is 127. The maximum absolute atomic E-state index is 11.5. The van der Waals surface area contributed by atoms with Gasteiger partial charge in [0.1, 0.15) is 5.15 Å². The molecule has 1 aromatic carbocycles. The van der Waals surface area contributed by atoms with E-state index in [0.29, 0.717) is 34.1 Å². The predicted octanol–water partition coefficient (Wildman–Crippen LogP) is 3.65. The fourth-order valence-electron chi connectivity index (χ4n) is 2.47. The van der Waals surface area contributed by atoms with E-state index in [0.717, 1.165) is 24.2 Å². The average molecular weight is 559 g/mol. The van der Waals surface area contributed by atoms with E-state index >= 15 is 0 Å². The van der Waals surface area contributed by atoms with Gasteiger partial charge in [-0.1, -0.05) is 35.3 Å². The fraction of sp³-hybridized carbons (Fsp3) is 0.389. The van der Waals surface area contributed by atoms with Crippen molar-refractivity contribution in [2.75, 3.05) is 19.3 Å². The number of nitrogens with one attached hydrogen (secondary N) is 2. The second-order valence-electron chi connectivity index (χ2n) is 6.12. The lowest BCUT2D eigenvalue weighted by Crippen LogP contribution is -2.38. The first kappa shape index (κ1) is 25.1. The Balaban J connectivity index is 0.00000392. The topological polar surface area (TPSA) is 75.5 Å². The number of aromatic nitrogens is 1. The van der Waals surface area contributed by atoms with Crippen LogP contribution in [0, 0.1) is 0 Å². The average Bonchev–Trinajstić information content (AvgIpc) is 2.86. The monoisotopic (exact) mass is 558 g/mol. The van der Waals surface area contributed by atoms with E-state index in [1.165, 1.54) is 6.26 Å². The number of benzene rings is 1. The van der Waals surface area contributed by atoms with Crippen molar-refractivity contribution in [1.29, 1.82) is 0 Å². The van der Waals surface area contributed by atoms with E-state index in [1.54, 1.807) is 22.8 Å². The molecule has 2 aromatic rings. The summed E-state index contributed by atoms with van der Waals surface area (Å²) < 4.78 is 24.8. The third kappa shape index (κ3) is 7.13. The number of nitrogens with zero attached hydrogens (tertiary/aromatic N) is 2. The number of aliphatic imine (C=N–C) groups is 1. The van der Waals surface area contributed by atoms with Gasteiger partial charge in [0.25, 0.3) is 0 Å². The van der Waals surface area contributed by atoms with Crippen molar-refractivity contribution >= 4 is 63.0 Å². The molecule has 1 heterocycles. The maximum Gasteiger partial charge on any atom is 0.191 e. The molecule has 0 radical (unpaired) electrons. The van der Waals surface area contributed by atoms with Gasteiger partial charge in [0.2, 0.25) is 0 Å². The lowest BCUT2D eigenvalue weighted by Gasteiger charge is -2.12. The number of halogens is 3. The number of guanidine groups is 1. The van der Waals surface area contributed by atoms with E-state index < -0.39 is 9.84 Å². The highest BCUT2D eigenvalue weighted by molar-refractivity contribution is 14.0. The quantitative estimate of drug-likeness (QED) is 0.309. The minimum atomic E-state index is -3.17. The molecule has 0 spiro atoms. The molecule has 2 rings (SSSR count). The summed E-state index contributed by atoms with van der Waals surface area (Å²) >= 11 is 12.1. The van der Waals surface area contributed by atoms with Crippen LogP contribution in [0.2, 0.25) is 10.2 Å². The van der Waals surface area contributed by atoms with Crippen LogP contribution in [0.5, 0.6) is 0 Å². The first-order chi connectivity index (χ1) is 12.7. The minimum absolute atomic E-state index is 0. The highest BCUT2D eigenvalue weighted by Crippen LogP contribution is 2.25. The Labute approximate surface area is 193 Å². The molecule has 0 aliphatic rings. The molecule has 0 bridgehead atoms. The Morgan fingerprint density at radius 2 is 1.82 bits per heavy atom. The smallest absolute Gasteiger partial charge is 0.191 e. The van der Waals surface area contributed by atoms with Gasteiger partial charge in [0.15, 0.2) is 15.8 Å². The van der Waals surface area contributed by atoms with Gasteiger partial charge in [0.05, 0.1) is 16.5 Å². The van der Waals surface area contributed by atoms with E-state index in [4.69, 9.17) is 23.2 Å². The zero-order valence-electron chi connectivity index (χ0n) is 16.0. The van der Waals surface area contributed by atoms with Crippen LogP contribution in [0.3, 0.4) is 0 Å². The van der Waals surface area contributed by atoms with Crippen molar-refractivity contribution in [2.45, 2.75) is 24.8 Å². The summed E-state index contributed by atoms with van der Waals surface area (Å²) in [6, 6.07) is 8.73. The maximum atomic E-state index is 11.5. The summed E-state index contributed by atoms with van der Waals surface area (Å²) in [5.41, 5.74) is 1.96. The van der Waals surface area contributed by atoms with Gasteiger partial charge < -0.3 is 15.2 Å². The molecule has 10 heteroatoms. The Morgan fingerprint density at radius 3 is 2.32 bits per heavy atom. The number of sulfone groups is 1. The van der Waals surface area contributed by atoms with Crippen LogP contribution >= 0.6 is 47.2 Å². The molecule has 156 valence electrons. The minimum Gasteiger partial charge on any atom is -0.357 e. The fourth-order valence-corrected chi connectivity index (χ4v) is 3.52. The summed E-state index contributed by atoms with van der Waals surface area (Å²) in [4.78, 5) is 4.88. The molecular formula is C18H25Cl2IN4O2S. The first-order valence-corrected chi connectivity index (χ1v) is 11.2. The molecule has 1 aromatic heterocycles. The Hall–Kier alpha value is -0.970. The number of rotatable bonds is 7. The number of hydrogen-bond donors (Lipinski definition) is 2. The second kappa shape index (κ2) is 11.3. The third-order valence-corrected chi connectivity index (χ3v) is 5.99. The summed E-state index contributed by atoms with van der Waals surface area (Å²) in [5, 5.41) is 7.48. The molecule has 0 aliphatic heterocycles. The first-order valence-electron chi connectivity index (χ1n) is 8.53. The van der Waals surface area contributed by atoms with Crippen molar-refractivity contribution in [3.8, 4) is 0 Å². The van der Waals surface area contributed by atoms with Crippen LogP contribution in [0.4, 0.5) is 0 Å². The molecule has 0 saturated heterocycles. The van der Waals surface area contributed by atoms with E-state index in [1.807, 2.05) is 26.1 Å². The van der Waals surface area contributed by atoms with E-state index in [-0.39, 0.29) is 24.0 Å². The van der Waals surface area contributed by atoms with Crippen LogP contribution in [0.25, 0.3) is 0 Å². The van der Waals surface area contributed by atoms with Crippen molar-refractivity contribution in [3.63, 3.8) is 0 Å². The molecule has 28 heavy (non-hydrogen) atoms. The van der Waals surface area contributed by atoms with Crippen LogP contribution < -0.4 is 10.6 Å². The lowest BCUT2D eigenvalue weighted by atomic mass is 10.1. The van der Waals surface area contributed by atoms with Gasteiger partial charge in [0, 0.05) is 32.1 Å². The second-order valence-corrected chi connectivity index (χ2v) is 8.90. The largest absolute Gasteiger partial charge is 0.357 e. The van der Waals surface area contributed by atoms with Crippen molar-refractivity contribution in [2.24, 2.45) is 12.0 Å². The Kier molecular flexibility index (Phi) is 10.1. The Bertz CT molecular complexity index is 912. The molecular weight excluding hydrogens is 534 g/mol. The molecule has 0 amide bonds. The molecule has 6 nitrogen and oxygen atoms in total. The van der Waals surface area contributed by atoms with Gasteiger partial charge in [-0.2, -0.15) is 0 Å². The summed E-state index contributed by atoms with van der Waals surface area (Å²) in [7, 11) is -1.32. The van der Waals surface area contributed by atoms with Crippen LogP contribution in [0.15, 0.2) is 40.2 Å². The third-order valence-electron chi connectivity index (χ3n) is 4.02. The van der Waals surface area contributed by atoms with Crippen molar-refractivity contribution in [1.82, 2.24) is 15.2 Å². The highest BCUT2D eigenvalue weighted by Gasteiger charge is 2.09. The normalized spacial score (nSPS) is 11.8. The van der Waals surface area contributed by atoms with E-state index in [2.05, 4.69) is 15.6 Å². The SMILES string of the molecule is CCNC(=NCc1cc(Cl)c(Cl)n1C)NCCc1ccc(S(C)(=O)=O)cc1.I. The number of hydrogen-bond acceptors (Lipinski definition) is 3. The van der Waals surface area contributed by atoms with Gasteiger partial charge in [-0.3, -0.25) is 0 Å². The van der Waals surface area contributed by atoms with E-state index in [9.17, 15) is 8.42 Å². The zero-order valence-corrected chi connectivity index (χ0v) is 20.7.